The quantitative estimate of drug-likeness (QED) is 0.682. The maximum atomic E-state index is 10.4. The highest BCUT2D eigenvalue weighted by Gasteiger charge is 2.05. The average Bonchev–Trinajstić information content (AvgIpc) is 2.50. The van der Waals surface area contributed by atoms with Crippen LogP contribution >= 0.6 is 11.5 Å². The van der Waals surface area contributed by atoms with Crippen molar-refractivity contribution in [3.63, 3.8) is 0 Å². The van der Waals surface area contributed by atoms with Gasteiger partial charge in [-0.15, -0.1) is 0 Å². The number of hydrogen-bond acceptors (Lipinski definition) is 3. The normalized spacial score (nSPS) is 10.5. The van der Waals surface area contributed by atoms with Gasteiger partial charge in [0, 0.05) is 11.8 Å². The molecule has 0 radical (unpaired) electrons. The van der Waals surface area contributed by atoms with Crippen molar-refractivity contribution >= 4 is 27.9 Å². The fourth-order valence-corrected chi connectivity index (χ4v) is 2.32. The number of carbonyl (C=O) groups is 1. The average molecular weight is 191 g/mol. The lowest BCUT2D eigenvalue weighted by Crippen LogP contribution is -1.87. The molecule has 66 valence electrons. The molecular weight excluding hydrogens is 182 g/mol. The van der Waals surface area contributed by atoms with Gasteiger partial charge in [0.05, 0.1) is 10.4 Å². The van der Waals surface area contributed by atoms with Gasteiger partial charge < -0.3 is 4.79 Å². The fraction of sp³-hybridized carbons (Fsp3) is 0.200. The number of hydrogen-bond donors (Lipinski definition) is 0. The van der Waals surface area contributed by atoms with E-state index < -0.39 is 0 Å². The minimum absolute atomic E-state index is 0.483. The third-order valence-electron chi connectivity index (χ3n) is 2.06. The topological polar surface area (TPSA) is 30.0 Å². The van der Waals surface area contributed by atoms with Crippen LogP contribution in [0.25, 0.3) is 10.1 Å². The van der Waals surface area contributed by atoms with Crippen molar-refractivity contribution in [3.05, 3.63) is 29.5 Å². The molecule has 1 heterocycles. The Hall–Kier alpha value is -1.22. The Morgan fingerprint density at radius 2 is 2.38 bits per heavy atom. The lowest BCUT2D eigenvalue weighted by Gasteiger charge is -1.97. The number of nitrogens with zero attached hydrogens (tertiary/aromatic N) is 1. The van der Waals surface area contributed by atoms with Crippen LogP contribution < -0.4 is 0 Å². The van der Waals surface area contributed by atoms with Crippen molar-refractivity contribution in [1.82, 2.24) is 4.37 Å². The summed E-state index contributed by atoms with van der Waals surface area (Å²) in [5, 5.41) is 1.15. The molecule has 1 aromatic carbocycles. The summed E-state index contributed by atoms with van der Waals surface area (Å²) in [4.78, 5) is 10.4. The molecule has 0 aliphatic carbocycles. The van der Waals surface area contributed by atoms with Crippen molar-refractivity contribution in [2.24, 2.45) is 0 Å². The van der Waals surface area contributed by atoms with Gasteiger partial charge in [-0.3, -0.25) is 0 Å². The number of aromatic nitrogens is 1. The summed E-state index contributed by atoms with van der Waals surface area (Å²) in [5.41, 5.74) is 2.11. The second kappa shape index (κ2) is 3.26. The van der Waals surface area contributed by atoms with Gasteiger partial charge in [-0.2, -0.15) is 4.37 Å². The van der Waals surface area contributed by atoms with Crippen LogP contribution in [-0.4, -0.2) is 10.7 Å². The molecule has 2 nitrogen and oxygen atoms in total. The van der Waals surface area contributed by atoms with Gasteiger partial charge in [-0.1, -0.05) is 12.1 Å². The van der Waals surface area contributed by atoms with Gasteiger partial charge >= 0.3 is 0 Å². The summed E-state index contributed by atoms with van der Waals surface area (Å²) in [7, 11) is 0. The van der Waals surface area contributed by atoms with Crippen LogP contribution in [0.5, 0.6) is 0 Å². The van der Waals surface area contributed by atoms with Crippen molar-refractivity contribution in [3.8, 4) is 0 Å². The van der Waals surface area contributed by atoms with E-state index in [2.05, 4.69) is 4.37 Å². The van der Waals surface area contributed by atoms with Gasteiger partial charge in [-0.25, -0.2) is 0 Å². The molecule has 0 saturated heterocycles. The van der Waals surface area contributed by atoms with Gasteiger partial charge in [0.15, 0.2) is 0 Å². The first-order chi connectivity index (χ1) is 6.33. The monoisotopic (exact) mass is 191 g/mol. The summed E-state index contributed by atoms with van der Waals surface area (Å²) >= 11 is 1.49. The van der Waals surface area contributed by atoms with Crippen LogP contribution in [0.15, 0.2) is 18.2 Å². The van der Waals surface area contributed by atoms with E-state index in [4.69, 9.17) is 0 Å². The highest BCUT2D eigenvalue weighted by atomic mass is 32.1. The van der Waals surface area contributed by atoms with Crippen LogP contribution in [0.4, 0.5) is 0 Å². The molecule has 2 rings (SSSR count). The smallest absolute Gasteiger partial charge is 0.124 e. The maximum Gasteiger partial charge on any atom is 0.124 e. The van der Waals surface area contributed by atoms with E-state index in [9.17, 15) is 4.79 Å². The summed E-state index contributed by atoms with van der Waals surface area (Å²) in [6, 6.07) is 5.99. The molecule has 0 amide bonds. The Bertz CT molecular complexity index is 447. The molecule has 2 aromatic rings. The van der Waals surface area contributed by atoms with Crippen LogP contribution in [0.1, 0.15) is 11.3 Å². The molecule has 0 bridgehead atoms. The SMILES string of the molecule is Cc1nsc2cccc(CC=O)c12. The highest BCUT2D eigenvalue weighted by molar-refractivity contribution is 7.13. The first-order valence-corrected chi connectivity index (χ1v) is 4.88. The third kappa shape index (κ3) is 1.35. The standard InChI is InChI=1S/C10H9NOS/c1-7-10-8(5-6-12)3-2-4-9(10)13-11-7/h2-4,6H,5H2,1H3. The Morgan fingerprint density at radius 1 is 1.54 bits per heavy atom. The molecule has 0 fully saturated rings. The Balaban J connectivity index is 2.72. The summed E-state index contributed by atoms with van der Waals surface area (Å²) < 4.78 is 5.43. The number of aryl methyl sites for hydroxylation is 1. The number of benzene rings is 1. The molecule has 3 heteroatoms. The fourth-order valence-electron chi connectivity index (χ4n) is 1.49. The number of rotatable bonds is 2. The van der Waals surface area contributed by atoms with Crippen LogP contribution in [0.3, 0.4) is 0 Å². The molecule has 0 spiro atoms. The second-order valence-electron chi connectivity index (χ2n) is 2.93. The lowest BCUT2D eigenvalue weighted by atomic mass is 10.1. The largest absolute Gasteiger partial charge is 0.303 e. The zero-order chi connectivity index (χ0) is 9.26. The highest BCUT2D eigenvalue weighted by Crippen LogP contribution is 2.25. The molecule has 1 aromatic heterocycles. The van der Waals surface area contributed by atoms with E-state index in [-0.39, 0.29) is 0 Å². The minimum Gasteiger partial charge on any atom is -0.303 e. The van der Waals surface area contributed by atoms with Gasteiger partial charge in [-0.05, 0) is 30.1 Å². The molecule has 0 aliphatic rings. The van der Waals surface area contributed by atoms with Crippen molar-refractivity contribution < 1.29 is 4.79 Å². The van der Waals surface area contributed by atoms with E-state index in [0.29, 0.717) is 6.42 Å². The minimum atomic E-state index is 0.483. The molecule has 0 unspecified atom stereocenters. The van der Waals surface area contributed by atoms with Gasteiger partial charge in [0.1, 0.15) is 6.29 Å². The zero-order valence-electron chi connectivity index (χ0n) is 7.28. The van der Waals surface area contributed by atoms with Crippen molar-refractivity contribution in [1.29, 1.82) is 0 Å². The van der Waals surface area contributed by atoms with E-state index >= 15 is 0 Å². The predicted molar refractivity (Wildman–Crippen MR) is 54.1 cm³/mol. The van der Waals surface area contributed by atoms with Crippen LogP contribution in [0, 0.1) is 6.92 Å². The second-order valence-corrected chi connectivity index (χ2v) is 3.73. The Morgan fingerprint density at radius 3 is 3.15 bits per heavy atom. The van der Waals surface area contributed by atoms with E-state index in [0.717, 1.165) is 27.6 Å². The Kier molecular flexibility index (Phi) is 2.10. The molecule has 0 saturated carbocycles. The molecule has 0 atom stereocenters. The molecule has 0 N–H and O–H groups in total. The number of fused-ring (bicyclic) bond motifs is 1. The van der Waals surface area contributed by atoms with Gasteiger partial charge in [0.2, 0.25) is 0 Å². The predicted octanol–water partition coefficient (Wildman–Crippen LogP) is 2.35. The molecule has 0 aliphatic heterocycles. The van der Waals surface area contributed by atoms with E-state index in [1.807, 2.05) is 25.1 Å². The summed E-state index contributed by atoms with van der Waals surface area (Å²) in [6.45, 7) is 1.98. The first kappa shape index (κ1) is 8.38. The van der Waals surface area contributed by atoms with Crippen molar-refractivity contribution in [2.75, 3.05) is 0 Å². The number of aldehydes is 1. The van der Waals surface area contributed by atoms with E-state index in [1.54, 1.807) is 0 Å². The number of carbonyl (C=O) groups excluding carboxylic acids is 1. The van der Waals surface area contributed by atoms with Crippen LogP contribution in [0.2, 0.25) is 0 Å². The Labute approximate surface area is 80.4 Å². The maximum absolute atomic E-state index is 10.4. The van der Waals surface area contributed by atoms with Gasteiger partial charge in [0.25, 0.3) is 0 Å². The molecular formula is C10H9NOS. The molecule has 13 heavy (non-hydrogen) atoms. The zero-order valence-corrected chi connectivity index (χ0v) is 8.10. The first-order valence-electron chi connectivity index (χ1n) is 4.10. The summed E-state index contributed by atoms with van der Waals surface area (Å²) in [6.07, 6.45) is 1.42. The van der Waals surface area contributed by atoms with Crippen LogP contribution in [-0.2, 0) is 11.2 Å². The lowest BCUT2D eigenvalue weighted by molar-refractivity contribution is -0.107. The third-order valence-corrected chi connectivity index (χ3v) is 2.96. The van der Waals surface area contributed by atoms with Crippen molar-refractivity contribution in [2.45, 2.75) is 13.3 Å². The van der Waals surface area contributed by atoms with E-state index in [1.165, 1.54) is 11.5 Å². The summed E-state index contributed by atoms with van der Waals surface area (Å²) in [5.74, 6) is 0.